The Labute approximate surface area is 132 Å². The molecule has 0 aromatic heterocycles. The molecule has 0 amide bonds. The van der Waals surface area contributed by atoms with Crippen LogP contribution >= 0.6 is 0 Å². The van der Waals surface area contributed by atoms with Crippen molar-refractivity contribution >= 4 is 17.8 Å². The second-order valence-electron chi connectivity index (χ2n) is 4.97. The van der Waals surface area contributed by atoms with Gasteiger partial charge in [-0.2, -0.15) is 0 Å². The first-order valence-corrected chi connectivity index (χ1v) is 7.07. The van der Waals surface area contributed by atoms with Crippen molar-refractivity contribution in [3.8, 4) is 11.5 Å². The van der Waals surface area contributed by atoms with Crippen molar-refractivity contribution < 1.29 is 24.2 Å². The third-order valence-electron chi connectivity index (χ3n) is 3.40. The van der Waals surface area contributed by atoms with Gasteiger partial charge in [0.1, 0.15) is 13.2 Å². The first kappa shape index (κ1) is 14.8. The fraction of sp³-hybridized carbons (Fsp3) is 0.111. The maximum absolute atomic E-state index is 12.2. The van der Waals surface area contributed by atoms with Crippen LogP contribution in [0.5, 0.6) is 11.5 Å². The van der Waals surface area contributed by atoms with Gasteiger partial charge in [0.25, 0.3) is 0 Å². The molecule has 0 saturated heterocycles. The SMILES string of the molecule is O=C([O-])c1ccc(C=CC(=O)c2ccc3c(c2)OCCO3)cc1. The number of carbonyl (C=O) groups is 2. The first-order chi connectivity index (χ1) is 11.1. The maximum Gasteiger partial charge on any atom is 0.185 e. The third-order valence-corrected chi connectivity index (χ3v) is 3.40. The van der Waals surface area contributed by atoms with Gasteiger partial charge < -0.3 is 19.4 Å². The predicted molar refractivity (Wildman–Crippen MR) is 81.6 cm³/mol. The van der Waals surface area contributed by atoms with Gasteiger partial charge in [-0.1, -0.05) is 30.3 Å². The maximum atomic E-state index is 12.2. The molecule has 0 radical (unpaired) electrons. The number of rotatable bonds is 4. The Hall–Kier alpha value is -3.08. The van der Waals surface area contributed by atoms with Gasteiger partial charge in [-0.05, 0) is 35.4 Å². The minimum atomic E-state index is -1.23. The quantitative estimate of drug-likeness (QED) is 0.635. The molecule has 0 spiro atoms. The summed E-state index contributed by atoms with van der Waals surface area (Å²) in [6.07, 6.45) is 3.05. The largest absolute Gasteiger partial charge is 0.545 e. The molecule has 0 saturated carbocycles. The average molecular weight is 309 g/mol. The van der Waals surface area contributed by atoms with Crippen LogP contribution < -0.4 is 14.6 Å². The van der Waals surface area contributed by atoms with Crippen molar-refractivity contribution in [3.63, 3.8) is 0 Å². The minimum absolute atomic E-state index is 0.0975. The normalized spacial score (nSPS) is 13.0. The van der Waals surface area contributed by atoms with E-state index in [2.05, 4.69) is 0 Å². The van der Waals surface area contributed by atoms with E-state index in [9.17, 15) is 14.7 Å². The molecule has 0 fully saturated rings. The fourth-order valence-corrected chi connectivity index (χ4v) is 2.20. The Morgan fingerprint density at radius 1 is 0.913 bits per heavy atom. The average Bonchev–Trinajstić information content (AvgIpc) is 2.59. The van der Waals surface area contributed by atoms with Crippen LogP contribution in [0.15, 0.2) is 48.5 Å². The number of ketones is 1. The van der Waals surface area contributed by atoms with E-state index in [0.29, 0.717) is 30.3 Å². The zero-order chi connectivity index (χ0) is 16.2. The van der Waals surface area contributed by atoms with Crippen LogP contribution in [0.1, 0.15) is 26.3 Å². The number of carboxylic acid groups (broad SMARTS) is 1. The van der Waals surface area contributed by atoms with Gasteiger partial charge in [-0.3, -0.25) is 4.79 Å². The fourth-order valence-electron chi connectivity index (χ4n) is 2.20. The summed E-state index contributed by atoms with van der Waals surface area (Å²) in [6, 6.07) is 11.1. The molecule has 5 nitrogen and oxygen atoms in total. The highest BCUT2D eigenvalue weighted by atomic mass is 16.6. The molecule has 0 atom stereocenters. The zero-order valence-corrected chi connectivity index (χ0v) is 12.2. The van der Waals surface area contributed by atoms with Gasteiger partial charge in [0, 0.05) is 5.56 Å². The van der Waals surface area contributed by atoms with Crippen LogP contribution in [-0.4, -0.2) is 25.0 Å². The van der Waals surface area contributed by atoms with Crippen molar-refractivity contribution in [2.45, 2.75) is 0 Å². The van der Waals surface area contributed by atoms with Gasteiger partial charge in [0.05, 0.1) is 5.97 Å². The minimum Gasteiger partial charge on any atom is -0.545 e. The third kappa shape index (κ3) is 3.40. The van der Waals surface area contributed by atoms with E-state index in [-0.39, 0.29) is 11.3 Å². The molecule has 1 heterocycles. The smallest absolute Gasteiger partial charge is 0.185 e. The number of carboxylic acids is 1. The molecular formula is C18H13O5-. The van der Waals surface area contributed by atoms with Crippen LogP contribution in [0.2, 0.25) is 0 Å². The number of aromatic carboxylic acids is 1. The lowest BCUT2D eigenvalue weighted by Gasteiger charge is -2.18. The topological polar surface area (TPSA) is 75.7 Å². The molecule has 1 aliphatic heterocycles. The summed E-state index contributed by atoms with van der Waals surface area (Å²) in [5.41, 5.74) is 1.32. The molecule has 2 aromatic carbocycles. The highest BCUT2D eigenvalue weighted by molar-refractivity contribution is 6.07. The van der Waals surface area contributed by atoms with E-state index in [1.807, 2.05) is 0 Å². The highest BCUT2D eigenvalue weighted by Gasteiger charge is 2.13. The van der Waals surface area contributed by atoms with E-state index in [1.54, 1.807) is 36.4 Å². The second-order valence-corrected chi connectivity index (χ2v) is 4.97. The van der Waals surface area contributed by atoms with E-state index in [4.69, 9.17) is 9.47 Å². The van der Waals surface area contributed by atoms with Crippen molar-refractivity contribution in [2.24, 2.45) is 0 Å². The molecule has 0 N–H and O–H groups in total. The lowest BCUT2D eigenvalue weighted by molar-refractivity contribution is -0.255. The van der Waals surface area contributed by atoms with Gasteiger partial charge >= 0.3 is 0 Å². The lowest BCUT2D eigenvalue weighted by atomic mass is 10.1. The zero-order valence-electron chi connectivity index (χ0n) is 12.2. The number of hydrogen-bond acceptors (Lipinski definition) is 5. The number of carbonyl (C=O) groups excluding carboxylic acids is 2. The predicted octanol–water partition coefficient (Wildman–Crippen LogP) is 1.72. The van der Waals surface area contributed by atoms with Gasteiger partial charge in [0.2, 0.25) is 0 Å². The number of benzene rings is 2. The highest BCUT2D eigenvalue weighted by Crippen LogP contribution is 2.30. The summed E-state index contributed by atoms with van der Waals surface area (Å²) in [7, 11) is 0. The van der Waals surface area contributed by atoms with Crippen molar-refractivity contribution in [1.82, 2.24) is 0 Å². The summed E-state index contributed by atoms with van der Waals surface area (Å²) in [5.74, 6) is -0.206. The molecule has 5 heteroatoms. The molecule has 0 aliphatic carbocycles. The Morgan fingerprint density at radius 2 is 1.57 bits per heavy atom. The van der Waals surface area contributed by atoms with E-state index in [1.165, 1.54) is 18.2 Å². The molecule has 0 unspecified atom stereocenters. The summed E-state index contributed by atoms with van der Waals surface area (Å²) in [6.45, 7) is 0.966. The number of fused-ring (bicyclic) bond motifs is 1. The van der Waals surface area contributed by atoms with E-state index in [0.717, 1.165) is 5.56 Å². The van der Waals surface area contributed by atoms with Crippen LogP contribution in [0.3, 0.4) is 0 Å². The summed E-state index contributed by atoms with van der Waals surface area (Å²) >= 11 is 0. The van der Waals surface area contributed by atoms with Crippen LogP contribution in [0, 0.1) is 0 Å². The van der Waals surface area contributed by atoms with Gasteiger partial charge in [-0.25, -0.2) is 0 Å². The van der Waals surface area contributed by atoms with Crippen molar-refractivity contribution in [2.75, 3.05) is 13.2 Å². The Morgan fingerprint density at radius 3 is 2.26 bits per heavy atom. The van der Waals surface area contributed by atoms with Crippen molar-refractivity contribution in [1.29, 1.82) is 0 Å². The monoisotopic (exact) mass is 309 g/mol. The van der Waals surface area contributed by atoms with Crippen LogP contribution in [-0.2, 0) is 0 Å². The van der Waals surface area contributed by atoms with Crippen LogP contribution in [0.4, 0.5) is 0 Å². The molecule has 1 aliphatic rings. The molecule has 116 valence electrons. The number of allylic oxidation sites excluding steroid dienone is 1. The molecule has 0 bridgehead atoms. The molecule has 2 aromatic rings. The Balaban J connectivity index is 1.74. The second kappa shape index (κ2) is 6.36. The first-order valence-electron chi connectivity index (χ1n) is 7.07. The molecule has 3 rings (SSSR count). The summed E-state index contributed by atoms with van der Waals surface area (Å²) in [5, 5.41) is 10.7. The van der Waals surface area contributed by atoms with Gasteiger partial charge in [0.15, 0.2) is 17.3 Å². The summed E-state index contributed by atoms with van der Waals surface area (Å²) < 4.78 is 10.9. The summed E-state index contributed by atoms with van der Waals surface area (Å²) in [4.78, 5) is 22.9. The Bertz CT molecular complexity index is 774. The molecule has 23 heavy (non-hydrogen) atoms. The van der Waals surface area contributed by atoms with E-state index < -0.39 is 5.97 Å². The van der Waals surface area contributed by atoms with Gasteiger partial charge in [-0.15, -0.1) is 0 Å². The van der Waals surface area contributed by atoms with Crippen molar-refractivity contribution in [3.05, 3.63) is 65.2 Å². The van der Waals surface area contributed by atoms with Crippen LogP contribution in [0.25, 0.3) is 6.08 Å². The molecular weight excluding hydrogens is 296 g/mol. The number of ether oxygens (including phenoxy) is 2. The number of hydrogen-bond donors (Lipinski definition) is 0. The standard InChI is InChI=1S/C18H14O5/c19-15(7-3-12-1-4-13(5-2-12)18(20)21)14-6-8-16-17(11-14)23-10-9-22-16/h1-8,11H,9-10H2,(H,20,21)/p-1. The lowest BCUT2D eigenvalue weighted by Crippen LogP contribution is -2.21. The van der Waals surface area contributed by atoms with E-state index >= 15 is 0 Å². The Kier molecular flexibility index (Phi) is 4.10.